The summed E-state index contributed by atoms with van der Waals surface area (Å²) in [7, 11) is 0. The molecule has 4 nitrogen and oxygen atoms in total. The molecule has 21 heavy (non-hydrogen) atoms. The van der Waals surface area contributed by atoms with Crippen molar-refractivity contribution >= 4 is 16.8 Å². The van der Waals surface area contributed by atoms with Crippen LogP contribution < -0.4 is 5.32 Å². The minimum absolute atomic E-state index is 0.0851. The molecule has 0 aliphatic rings. The highest BCUT2D eigenvalue weighted by Gasteiger charge is 2.12. The average Bonchev–Trinajstić information content (AvgIpc) is 2.45. The van der Waals surface area contributed by atoms with Gasteiger partial charge in [-0.3, -0.25) is 9.78 Å². The van der Waals surface area contributed by atoms with Crippen molar-refractivity contribution in [3.05, 3.63) is 42.1 Å². The van der Waals surface area contributed by atoms with E-state index in [1.807, 2.05) is 51.1 Å². The monoisotopic (exact) mass is 286 g/mol. The van der Waals surface area contributed by atoms with Crippen molar-refractivity contribution in [1.29, 1.82) is 0 Å². The summed E-state index contributed by atoms with van der Waals surface area (Å²) in [6.45, 7) is 6.48. The Kier molecular flexibility index (Phi) is 4.91. The fourth-order valence-corrected chi connectivity index (χ4v) is 2.04. The Labute approximate surface area is 125 Å². The smallest absolute Gasteiger partial charge is 0.246 e. The zero-order chi connectivity index (χ0) is 15.3. The van der Waals surface area contributed by atoms with Crippen LogP contribution in [0.1, 0.15) is 26.3 Å². The maximum Gasteiger partial charge on any atom is 0.246 e. The van der Waals surface area contributed by atoms with Gasteiger partial charge in [0.1, 0.15) is 6.61 Å². The molecule has 0 bridgehead atoms. The summed E-state index contributed by atoms with van der Waals surface area (Å²) in [6, 6.07) is 10.1. The Morgan fingerprint density at radius 2 is 2.00 bits per heavy atom. The van der Waals surface area contributed by atoms with Crippen LogP contribution in [0.15, 0.2) is 36.5 Å². The second-order valence-electron chi connectivity index (χ2n) is 5.99. The van der Waals surface area contributed by atoms with Crippen LogP contribution in [0.3, 0.4) is 0 Å². The van der Waals surface area contributed by atoms with Crippen LogP contribution in [-0.4, -0.2) is 29.6 Å². The number of hydrogen-bond acceptors (Lipinski definition) is 3. The molecular weight excluding hydrogens is 264 g/mol. The second-order valence-corrected chi connectivity index (χ2v) is 5.99. The van der Waals surface area contributed by atoms with Gasteiger partial charge < -0.3 is 10.1 Å². The van der Waals surface area contributed by atoms with E-state index in [2.05, 4.69) is 10.3 Å². The summed E-state index contributed by atoms with van der Waals surface area (Å²) in [6.07, 6.45) is 2.55. The van der Waals surface area contributed by atoms with Gasteiger partial charge in [0, 0.05) is 18.1 Å². The van der Waals surface area contributed by atoms with E-state index in [-0.39, 0.29) is 18.1 Å². The van der Waals surface area contributed by atoms with Crippen LogP contribution >= 0.6 is 0 Å². The average molecular weight is 286 g/mol. The van der Waals surface area contributed by atoms with Gasteiger partial charge in [-0.05, 0) is 38.8 Å². The molecule has 0 aliphatic carbocycles. The fourth-order valence-electron chi connectivity index (χ4n) is 2.04. The van der Waals surface area contributed by atoms with Gasteiger partial charge in [0.15, 0.2) is 0 Å². The molecule has 0 spiro atoms. The molecule has 0 aliphatic heterocycles. The van der Waals surface area contributed by atoms with Crippen molar-refractivity contribution < 1.29 is 9.53 Å². The summed E-state index contributed by atoms with van der Waals surface area (Å²) in [5, 5.41) is 4.00. The molecule has 4 heteroatoms. The molecule has 0 saturated heterocycles. The zero-order valence-electron chi connectivity index (χ0n) is 12.8. The van der Waals surface area contributed by atoms with Crippen molar-refractivity contribution in [2.24, 2.45) is 0 Å². The maximum atomic E-state index is 11.7. The van der Waals surface area contributed by atoms with Crippen molar-refractivity contribution in [2.75, 3.05) is 13.2 Å². The molecule has 2 aromatic rings. The number of rotatable bonds is 5. The molecule has 0 unspecified atom stereocenters. The molecule has 1 heterocycles. The number of aromatic nitrogens is 1. The van der Waals surface area contributed by atoms with Crippen molar-refractivity contribution in [3.63, 3.8) is 0 Å². The number of nitrogens with zero attached hydrogens (tertiary/aromatic N) is 1. The lowest BCUT2D eigenvalue weighted by Gasteiger charge is -2.19. The van der Waals surface area contributed by atoms with Gasteiger partial charge in [-0.25, -0.2) is 0 Å². The largest absolute Gasteiger partial charge is 0.366 e. The number of hydrogen-bond donors (Lipinski definition) is 1. The Bertz CT molecular complexity index is 612. The van der Waals surface area contributed by atoms with Crippen LogP contribution in [0, 0.1) is 0 Å². The minimum Gasteiger partial charge on any atom is -0.366 e. The number of para-hydroxylation sites is 1. The third kappa shape index (κ3) is 4.83. The highest BCUT2D eigenvalue weighted by molar-refractivity contribution is 5.81. The Hall–Kier alpha value is -1.94. The highest BCUT2D eigenvalue weighted by atomic mass is 16.5. The number of carbonyl (C=O) groups excluding carboxylic acids is 1. The first-order chi connectivity index (χ1) is 9.96. The molecule has 0 radical (unpaired) electrons. The molecule has 1 aromatic heterocycles. The van der Waals surface area contributed by atoms with E-state index < -0.39 is 0 Å². The topological polar surface area (TPSA) is 51.2 Å². The summed E-state index contributed by atoms with van der Waals surface area (Å²) >= 11 is 0. The Morgan fingerprint density at radius 3 is 2.76 bits per heavy atom. The van der Waals surface area contributed by atoms with Crippen LogP contribution in [0.5, 0.6) is 0 Å². The van der Waals surface area contributed by atoms with Crippen molar-refractivity contribution in [2.45, 2.75) is 32.8 Å². The number of ether oxygens (including phenoxy) is 1. The SMILES string of the molecule is CC(C)(C)OCC(=O)NCCc1cccc2cccnc12. The van der Waals surface area contributed by atoms with Gasteiger partial charge in [0.25, 0.3) is 0 Å². The highest BCUT2D eigenvalue weighted by Crippen LogP contribution is 2.15. The van der Waals surface area contributed by atoms with Crippen LogP contribution in [0.2, 0.25) is 0 Å². The van der Waals surface area contributed by atoms with E-state index in [1.165, 1.54) is 0 Å². The Balaban J connectivity index is 1.87. The van der Waals surface area contributed by atoms with Gasteiger partial charge >= 0.3 is 0 Å². The number of fused-ring (bicyclic) bond motifs is 1. The molecular formula is C17H22N2O2. The molecule has 1 aromatic carbocycles. The lowest BCUT2D eigenvalue weighted by atomic mass is 10.1. The normalized spacial score (nSPS) is 11.6. The predicted molar refractivity (Wildman–Crippen MR) is 84.2 cm³/mol. The number of pyridine rings is 1. The number of amides is 1. The van der Waals surface area contributed by atoms with Gasteiger partial charge in [0.2, 0.25) is 5.91 Å². The predicted octanol–water partition coefficient (Wildman–Crippen LogP) is 2.71. The maximum absolute atomic E-state index is 11.7. The van der Waals surface area contributed by atoms with E-state index in [9.17, 15) is 4.79 Å². The fraction of sp³-hybridized carbons (Fsp3) is 0.412. The lowest BCUT2D eigenvalue weighted by molar-refractivity contribution is -0.130. The summed E-state index contributed by atoms with van der Waals surface area (Å²) in [4.78, 5) is 16.1. The van der Waals surface area contributed by atoms with Crippen molar-refractivity contribution in [1.82, 2.24) is 10.3 Å². The summed E-state index contributed by atoms with van der Waals surface area (Å²) < 4.78 is 5.44. The quantitative estimate of drug-likeness (QED) is 0.919. The van der Waals surface area contributed by atoms with Gasteiger partial charge in [-0.15, -0.1) is 0 Å². The standard InChI is InChI=1S/C17H22N2O2/c1-17(2,3)21-12-15(20)18-11-9-14-7-4-6-13-8-5-10-19-16(13)14/h4-8,10H,9,11-12H2,1-3H3,(H,18,20). The molecule has 0 atom stereocenters. The van der Waals surface area contributed by atoms with Crippen molar-refractivity contribution in [3.8, 4) is 0 Å². The van der Waals surface area contributed by atoms with Gasteiger partial charge in [-0.1, -0.05) is 24.3 Å². The lowest BCUT2D eigenvalue weighted by Crippen LogP contribution is -2.33. The Morgan fingerprint density at radius 1 is 1.24 bits per heavy atom. The second kappa shape index (κ2) is 6.68. The molecule has 1 amide bonds. The molecule has 0 fully saturated rings. The summed E-state index contributed by atoms with van der Waals surface area (Å²) in [5.74, 6) is -0.0851. The first-order valence-corrected chi connectivity index (χ1v) is 7.19. The van der Waals surface area contributed by atoms with E-state index in [0.717, 1.165) is 22.9 Å². The van der Waals surface area contributed by atoms with E-state index in [1.54, 1.807) is 6.20 Å². The van der Waals surface area contributed by atoms with E-state index in [0.29, 0.717) is 6.54 Å². The van der Waals surface area contributed by atoms with E-state index >= 15 is 0 Å². The van der Waals surface area contributed by atoms with Crippen LogP contribution in [0.4, 0.5) is 0 Å². The van der Waals surface area contributed by atoms with Gasteiger partial charge in [-0.2, -0.15) is 0 Å². The minimum atomic E-state index is -0.295. The first kappa shape index (κ1) is 15.4. The first-order valence-electron chi connectivity index (χ1n) is 7.19. The van der Waals surface area contributed by atoms with Gasteiger partial charge in [0.05, 0.1) is 11.1 Å². The molecule has 1 N–H and O–H groups in total. The van der Waals surface area contributed by atoms with Crippen LogP contribution in [0.25, 0.3) is 10.9 Å². The number of benzene rings is 1. The third-order valence-corrected chi connectivity index (χ3v) is 3.07. The molecule has 2 rings (SSSR count). The zero-order valence-corrected chi connectivity index (χ0v) is 12.8. The number of nitrogens with one attached hydrogen (secondary N) is 1. The number of carbonyl (C=O) groups is 1. The summed E-state index contributed by atoms with van der Waals surface area (Å²) in [5.41, 5.74) is 1.85. The molecule has 0 saturated carbocycles. The van der Waals surface area contributed by atoms with E-state index in [4.69, 9.17) is 4.74 Å². The third-order valence-electron chi connectivity index (χ3n) is 3.07. The molecule has 112 valence electrons. The van der Waals surface area contributed by atoms with Crippen LogP contribution in [-0.2, 0) is 16.0 Å².